The van der Waals surface area contributed by atoms with Crippen LogP contribution in [0, 0.1) is 6.92 Å². The van der Waals surface area contributed by atoms with Crippen LogP contribution >= 0.6 is 11.6 Å². The minimum Gasteiger partial charge on any atom is -0.341 e. The van der Waals surface area contributed by atoms with E-state index >= 15 is 0 Å². The third kappa shape index (κ3) is 6.05. The van der Waals surface area contributed by atoms with Gasteiger partial charge in [0, 0.05) is 54.4 Å². The maximum absolute atomic E-state index is 14.4. The molecule has 0 spiro atoms. The van der Waals surface area contributed by atoms with Gasteiger partial charge < -0.3 is 15.1 Å². The predicted molar refractivity (Wildman–Crippen MR) is 167 cm³/mol. The SMILES string of the molecule is CCC(=O)N1CCCC(n2c(=O)c(-c3ccccc3Cl)c(C)c3cnc(Nc4cnn(CCN(CC)CC)c4)nc32)C1. The maximum atomic E-state index is 14.4. The number of carbonyl (C=O) groups is 1. The Morgan fingerprint density at radius 2 is 1.95 bits per heavy atom. The molecule has 1 fully saturated rings. The highest BCUT2D eigenvalue weighted by Gasteiger charge is 2.29. The van der Waals surface area contributed by atoms with Crippen molar-refractivity contribution in [2.24, 2.45) is 0 Å². The molecule has 4 aromatic rings. The zero-order valence-electron chi connectivity index (χ0n) is 24.8. The zero-order valence-corrected chi connectivity index (χ0v) is 25.6. The Kier molecular flexibility index (Phi) is 9.23. The number of anilines is 2. The van der Waals surface area contributed by atoms with Crippen molar-refractivity contribution in [1.29, 1.82) is 0 Å². The van der Waals surface area contributed by atoms with E-state index in [4.69, 9.17) is 16.6 Å². The summed E-state index contributed by atoms with van der Waals surface area (Å²) in [6.45, 7) is 12.9. The van der Waals surface area contributed by atoms with Crippen LogP contribution in [-0.4, -0.2) is 72.7 Å². The maximum Gasteiger partial charge on any atom is 0.260 e. The molecule has 1 aromatic carbocycles. The summed E-state index contributed by atoms with van der Waals surface area (Å²) in [6, 6.07) is 7.16. The Bertz CT molecular complexity index is 1630. The van der Waals surface area contributed by atoms with E-state index in [-0.39, 0.29) is 17.5 Å². The second-order valence-corrected chi connectivity index (χ2v) is 11.1. The summed E-state index contributed by atoms with van der Waals surface area (Å²) in [6.07, 6.45) is 7.45. The standard InChI is InChI=1S/C31H39ClN8O2/c1-5-27(41)38-14-10-11-23(20-38)40-29-25(21(4)28(30(40)42)24-12-8-9-13-26(24)32)18-33-31(36-29)35-22-17-34-39(19-22)16-15-37(6-2)7-3/h8-9,12-13,17-19,23H,5-7,10-11,14-16,20H2,1-4H3,(H,33,35,36). The number of piperidine rings is 1. The molecule has 5 rings (SSSR count). The van der Waals surface area contributed by atoms with Gasteiger partial charge in [0.05, 0.1) is 30.0 Å². The highest BCUT2D eigenvalue weighted by Crippen LogP contribution is 2.33. The van der Waals surface area contributed by atoms with Crippen molar-refractivity contribution in [3.63, 3.8) is 0 Å². The number of fused-ring (bicyclic) bond motifs is 1. The summed E-state index contributed by atoms with van der Waals surface area (Å²) >= 11 is 6.60. The van der Waals surface area contributed by atoms with Gasteiger partial charge in [0.2, 0.25) is 11.9 Å². The van der Waals surface area contributed by atoms with Crippen LogP contribution in [0.2, 0.25) is 5.02 Å². The van der Waals surface area contributed by atoms with Crippen molar-refractivity contribution < 1.29 is 4.79 Å². The van der Waals surface area contributed by atoms with Gasteiger partial charge >= 0.3 is 0 Å². The number of likely N-dealkylation sites (tertiary alicyclic amines) is 1. The largest absolute Gasteiger partial charge is 0.341 e. The number of nitrogens with one attached hydrogen (secondary N) is 1. The van der Waals surface area contributed by atoms with E-state index < -0.39 is 0 Å². The minimum atomic E-state index is -0.225. The normalized spacial score (nSPS) is 15.5. The first-order valence-corrected chi connectivity index (χ1v) is 15.2. The van der Waals surface area contributed by atoms with Gasteiger partial charge in [-0.05, 0) is 44.5 Å². The average Bonchev–Trinajstić information content (AvgIpc) is 3.45. The molecule has 10 nitrogen and oxygen atoms in total. The van der Waals surface area contributed by atoms with E-state index in [0.717, 1.165) is 55.7 Å². The molecule has 1 N–H and O–H groups in total. The molecule has 3 aromatic heterocycles. The van der Waals surface area contributed by atoms with Crippen molar-refractivity contribution in [1.82, 2.24) is 34.1 Å². The first kappa shape index (κ1) is 29.7. The molecule has 42 heavy (non-hydrogen) atoms. The summed E-state index contributed by atoms with van der Waals surface area (Å²) in [5.41, 5.74) is 3.12. The molecule has 1 atom stereocenters. The molecule has 1 saturated heterocycles. The number of carbonyl (C=O) groups excluding carboxylic acids is 1. The van der Waals surface area contributed by atoms with E-state index in [1.807, 2.05) is 47.8 Å². The number of halogens is 1. The number of benzene rings is 1. The topological polar surface area (TPSA) is 101 Å². The zero-order chi connectivity index (χ0) is 29.8. The lowest BCUT2D eigenvalue weighted by atomic mass is 9.98. The number of aryl methyl sites for hydroxylation is 1. The Morgan fingerprint density at radius 3 is 2.69 bits per heavy atom. The first-order valence-electron chi connectivity index (χ1n) is 14.8. The van der Waals surface area contributed by atoms with Gasteiger partial charge in [0.25, 0.3) is 5.56 Å². The number of hydrogen-bond donors (Lipinski definition) is 1. The van der Waals surface area contributed by atoms with E-state index in [2.05, 4.69) is 34.1 Å². The van der Waals surface area contributed by atoms with Gasteiger partial charge in [-0.25, -0.2) is 4.98 Å². The van der Waals surface area contributed by atoms with E-state index in [1.54, 1.807) is 23.0 Å². The fourth-order valence-corrected chi connectivity index (χ4v) is 6.02. The van der Waals surface area contributed by atoms with Crippen molar-refractivity contribution in [3.8, 4) is 11.1 Å². The number of amides is 1. The summed E-state index contributed by atoms with van der Waals surface area (Å²) < 4.78 is 3.66. The van der Waals surface area contributed by atoms with Crippen LogP contribution in [0.5, 0.6) is 0 Å². The third-order valence-electron chi connectivity index (χ3n) is 8.20. The molecule has 4 heterocycles. The summed E-state index contributed by atoms with van der Waals surface area (Å²) in [5, 5.41) is 9.03. The molecular weight excluding hydrogens is 552 g/mol. The molecule has 1 amide bonds. The number of pyridine rings is 1. The summed E-state index contributed by atoms with van der Waals surface area (Å²) in [4.78, 5) is 40.7. The van der Waals surface area contributed by atoms with Gasteiger partial charge in [0.15, 0.2) is 0 Å². The Labute approximate surface area is 251 Å². The van der Waals surface area contributed by atoms with Crippen LogP contribution in [0.25, 0.3) is 22.2 Å². The smallest absolute Gasteiger partial charge is 0.260 e. The lowest BCUT2D eigenvalue weighted by Gasteiger charge is -2.34. The van der Waals surface area contributed by atoms with Crippen LogP contribution in [0.4, 0.5) is 11.6 Å². The molecule has 0 bridgehead atoms. The molecule has 0 radical (unpaired) electrons. The number of rotatable bonds is 10. The third-order valence-corrected chi connectivity index (χ3v) is 8.53. The average molecular weight is 591 g/mol. The quantitative estimate of drug-likeness (QED) is 0.268. The fourth-order valence-electron chi connectivity index (χ4n) is 5.79. The van der Waals surface area contributed by atoms with Crippen LogP contribution < -0.4 is 10.9 Å². The highest BCUT2D eigenvalue weighted by atomic mass is 35.5. The lowest BCUT2D eigenvalue weighted by molar-refractivity contribution is -0.132. The molecule has 11 heteroatoms. The Morgan fingerprint density at radius 1 is 1.17 bits per heavy atom. The number of hydrogen-bond acceptors (Lipinski definition) is 7. The molecule has 1 aliphatic heterocycles. The van der Waals surface area contributed by atoms with Crippen molar-refractivity contribution in [2.75, 3.05) is 38.0 Å². The summed E-state index contributed by atoms with van der Waals surface area (Å²) in [7, 11) is 0. The molecule has 0 saturated carbocycles. The molecular formula is C31H39ClN8O2. The minimum absolute atomic E-state index is 0.0884. The molecule has 1 aliphatic rings. The van der Waals surface area contributed by atoms with Crippen LogP contribution in [-0.2, 0) is 11.3 Å². The van der Waals surface area contributed by atoms with E-state index in [9.17, 15) is 9.59 Å². The number of nitrogens with zero attached hydrogens (tertiary/aromatic N) is 7. The van der Waals surface area contributed by atoms with Gasteiger partial charge in [-0.2, -0.15) is 10.1 Å². The Hall–Kier alpha value is -3.76. The molecule has 0 aliphatic carbocycles. The monoisotopic (exact) mass is 590 g/mol. The van der Waals surface area contributed by atoms with Crippen molar-refractivity contribution in [3.05, 3.63) is 63.8 Å². The van der Waals surface area contributed by atoms with Crippen molar-refractivity contribution >= 4 is 40.2 Å². The fraction of sp³-hybridized carbons (Fsp3) is 0.452. The van der Waals surface area contributed by atoms with Crippen LogP contribution in [0.3, 0.4) is 0 Å². The first-order chi connectivity index (χ1) is 20.3. The number of aromatic nitrogens is 5. The van der Waals surface area contributed by atoms with Gasteiger partial charge in [0.1, 0.15) is 5.65 Å². The van der Waals surface area contributed by atoms with Crippen LogP contribution in [0.15, 0.2) is 47.7 Å². The van der Waals surface area contributed by atoms with Gasteiger partial charge in [-0.1, -0.05) is 50.6 Å². The predicted octanol–water partition coefficient (Wildman–Crippen LogP) is 5.28. The van der Waals surface area contributed by atoms with E-state index in [0.29, 0.717) is 47.3 Å². The second kappa shape index (κ2) is 13.0. The molecule has 1 unspecified atom stereocenters. The van der Waals surface area contributed by atoms with Crippen molar-refractivity contribution in [2.45, 2.75) is 59.5 Å². The van der Waals surface area contributed by atoms with Gasteiger partial charge in [-0.15, -0.1) is 0 Å². The van der Waals surface area contributed by atoms with Gasteiger partial charge in [-0.3, -0.25) is 18.8 Å². The molecule has 222 valence electrons. The summed E-state index contributed by atoms with van der Waals surface area (Å²) in [5.74, 6) is 0.464. The highest BCUT2D eigenvalue weighted by molar-refractivity contribution is 6.33. The number of likely N-dealkylation sites (N-methyl/N-ethyl adjacent to an activating group) is 1. The Balaban J connectivity index is 1.56. The van der Waals surface area contributed by atoms with Crippen LogP contribution in [0.1, 0.15) is 51.6 Å². The second-order valence-electron chi connectivity index (χ2n) is 10.7. The van der Waals surface area contributed by atoms with E-state index in [1.165, 1.54) is 0 Å². The lowest BCUT2D eigenvalue weighted by Crippen LogP contribution is -2.43.